The Labute approximate surface area is 166 Å². The minimum absolute atomic E-state index is 0.0986. The van der Waals surface area contributed by atoms with E-state index in [1.807, 2.05) is 0 Å². The SMILES string of the molecule is C[C@H](N)C(=O)N[C@@H](C)C(=O)Nc1ccccc1C(=O)Nc1ccc([N+](=O)[O-])cc1. The fourth-order valence-electron chi connectivity index (χ4n) is 2.31. The summed E-state index contributed by atoms with van der Waals surface area (Å²) >= 11 is 0. The van der Waals surface area contributed by atoms with Crippen LogP contribution >= 0.6 is 0 Å². The molecule has 0 bridgehead atoms. The number of anilines is 2. The predicted molar refractivity (Wildman–Crippen MR) is 107 cm³/mol. The van der Waals surface area contributed by atoms with E-state index >= 15 is 0 Å². The zero-order valence-electron chi connectivity index (χ0n) is 15.8. The quantitative estimate of drug-likeness (QED) is 0.409. The molecule has 2 rings (SSSR count). The van der Waals surface area contributed by atoms with Gasteiger partial charge in [-0.15, -0.1) is 0 Å². The number of carbonyl (C=O) groups is 3. The molecule has 0 aliphatic carbocycles. The molecule has 0 radical (unpaired) electrons. The monoisotopic (exact) mass is 399 g/mol. The molecule has 0 spiro atoms. The second-order valence-corrected chi connectivity index (χ2v) is 6.31. The fraction of sp³-hybridized carbons (Fsp3) is 0.211. The van der Waals surface area contributed by atoms with Gasteiger partial charge in [0.25, 0.3) is 11.6 Å². The van der Waals surface area contributed by atoms with Gasteiger partial charge in [-0.25, -0.2) is 0 Å². The maximum Gasteiger partial charge on any atom is 0.269 e. The Balaban J connectivity index is 2.11. The number of hydrogen-bond acceptors (Lipinski definition) is 6. The highest BCUT2D eigenvalue weighted by Crippen LogP contribution is 2.19. The van der Waals surface area contributed by atoms with E-state index in [1.54, 1.807) is 18.2 Å². The lowest BCUT2D eigenvalue weighted by atomic mass is 10.1. The van der Waals surface area contributed by atoms with Crippen molar-refractivity contribution < 1.29 is 19.3 Å². The molecule has 0 heterocycles. The first-order valence-electron chi connectivity index (χ1n) is 8.70. The van der Waals surface area contributed by atoms with Gasteiger partial charge in [0.15, 0.2) is 0 Å². The van der Waals surface area contributed by atoms with Crippen molar-refractivity contribution in [2.75, 3.05) is 10.6 Å². The molecule has 3 amide bonds. The summed E-state index contributed by atoms with van der Waals surface area (Å²) in [5.74, 6) is -1.51. The van der Waals surface area contributed by atoms with Crippen LogP contribution in [-0.4, -0.2) is 34.7 Å². The third-order valence-electron chi connectivity index (χ3n) is 3.93. The molecular weight excluding hydrogens is 378 g/mol. The zero-order chi connectivity index (χ0) is 21.6. The minimum Gasteiger partial charge on any atom is -0.343 e. The fourth-order valence-corrected chi connectivity index (χ4v) is 2.31. The summed E-state index contributed by atoms with van der Waals surface area (Å²) in [4.78, 5) is 46.7. The van der Waals surface area contributed by atoms with Crippen molar-refractivity contribution in [3.63, 3.8) is 0 Å². The number of non-ortho nitro benzene ring substituents is 1. The number of nitro benzene ring substituents is 1. The van der Waals surface area contributed by atoms with Crippen LogP contribution in [0.1, 0.15) is 24.2 Å². The third kappa shape index (κ3) is 5.84. The van der Waals surface area contributed by atoms with Crippen LogP contribution in [0.15, 0.2) is 48.5 Å². The van der Waals surface area contributed by atoms with Crippen molar-refractivity contribution in [2.45, 2.75) is 25.9 Å². The minimum atomic E-state index is -0.862. The largest absolute Gasteiger partial charge is 0.343 e. The molecule has 2 atom stereocenters. The van der Waals surface area contributed by atoms with Gasteiger partial charge in [0.2, 0.25) is 11.8 Å². The Morgan fingerprint density at radius 2 is 1.59 bits per heavy atom. The highest BCUT2D eigenvalue weighted by atomic mass is 16.6. The molecule has 29 heavy (non-hydrogen) atoms. The van der Waals surface area contributed by atoms with E-state index in [9.17, 15) is 24.5 Å². The van der Waals surface area contributed by atoms with E-state index in [4.69, 9.17) is 5.73 Å². The summed E-state index contributed by atoms with van der Waals surface area (Å²) in [6, 6.07) is 10.1. The van der Waals surface area contributed by atoms with Gasteiger partial charge in [0, 0.05) is 17.8 Å². The first-order valence-corrected chi connectivity index (χ1v) is 8.70. The van der Waals surface area contributed by atoms with E-state index in [0.29, 0.717) is 5.69 Å². The van der Waals surface area contributed by atoms with Crippen molar-refractivity contribution in [3.8, 4) is 0 Å². The summed E-state index contributed by atoms with van der Waals surface area (Å²) in [5.41, 5.74) is 6.16. The molecule has 10 nitrogen and oxygen atoms in total. The molecule has 0 aliphatic rings. The van der Waals surface area contributed by atoms with E-state index in [0.717, 1.165) is 0 Å². The second kappa shape index (κ2) is 9.42. The Morgan fingerprint density at radius 1 is 0.966 bits per heavy atom. The number of nitrogens with two attached hydrogens (primary N) is 1. The van der Waals surface area contributed by atoms with Crippen LogP contribution in [-0.2, 0) is 9.59 Å². The van der Waals surface area contributed by atoms with Gasteiger partial charge in [0.1, 0.15) is 6.04 Å². The first kappa shape index (κ1) is 21.5. The lowest BCUT2D eigenvalue weighted by Crippen LogP contribution is -2.47. The standard InChI is InChI=1S/C19H21N5O5/c1-11(20)17(25)21-12(2)18(26)23-16-6-4-3-5-15(16)19(27)22-13-7-9-14(10-8-13)24(28)29/h3-12H,20H2,1-2H3,(H,21,25)(H,22,27)(H,23,26)/t11-,12-/m0/s1. The Morgan fingerprint density at radius 3 is 2.17 bits per heavy atom. The summed E-state index contributed by atoms with van der Waals surface area (Å²) in [6.07, 6.45) is 0. The zero-order valence-corrected chi connectivity index (χ0v) is 15.8. The molecule has 0 fully saturated rings. The average Bonchev–Trinajstić information content (AvgIpc) is 2.68. The van der Waals surface area contributed by atoms with Crippen molar-refractivity contribution in [2.24, 2.45) is 5.73 Å². The molecule has 0 saturated heterocycles. The second-order valence-electron chi connectivity index (χ2n) is 6.31. The molecule has 0 aromatic heterocycles. The van der Waals surface area contributed by atoms with E-state index in [2.05, 4.69) is 16.0 Å². The topological polar surface area (TPSA) is 156 Å². The van der Waals surface area contributed by atoms with Gasteiger partial charge in [-0.1, -0.05) is 12.1 Å². The maximum absolute atomic E-state index is 12.6. The molecule has 0 saturated carbocycles. The van der Waals surface area contributed by atoms with Gasteiger partial charge in [0.05, 0.1) is 22.2 Å². The number of nitrogens with one attached hydrogen (secondary N) is 3. The van der Waals surface area contributed by atoms with Gasteiger partial charge >= 0.3 is 0 Å². The highest BCUT2D eigenvalue weighted by Gasteiger charge is 2.20. The predicted octanol–water partition coefficient (Wildman–Crippen LogP) is 1.64. The number of benzene rings is 2. The highest BCUT2D eigenvalue weighted by molar-refractivity contribution is 6.10. The Hall–Kier alpha value is -3.79. The van der Waals surface area contributed by atoms with Crippen molar-refractivity contribution >= 4 is 34.8 Å². The number of para-hydroxylation sites is 1. The summed E-state index contributed by atoms with van der Waals surface area (Å²) < 4.78 is 0. The molecule has 0 aliphatic heterocycles. The smallest absolute Gasteiger partial charge is 0.269 e. The lowest BCUT2D eigenvalue weighted by molar-refractivity contribution is -0.384. The van der Waals surface area contributed by atoms with Gasteiger partial charge in [-0.2, -0.15) is 0 Å². The van der Waals surface area contributed by atoms with Crippen LogP contribution in [0.4, 0.5) is 17.1 Å². The van der Waals surface area contributed by atoms with Crippen LogP contribution in [0.3, 0.4) is 0 Å². The lowest BCUT2D eigenvalue weighted by Gasteiger charge is -2.17. The number of hydrogen-bond donors (Lipinski definition) is 4. The summed E-state index contributed by atoms with van der Waals surface area (Å²) in [7, 11) is 0. The number of rotatable bonds is 7. The molecule has 5 N–H and O–H groups in total. The van der Waals surface area contributed by atoms with E-state index in [-0.39, 0.29) is 16.9 Å². The summed E-state index contributed by atoms with van der Waals surface area (Å²) in [6.45, 7) is 2.99. The van der Waals surface area contributed by atoms with Gasteiger partial charge in [-0.3, -0.25) is 24.5 Å². The number of nitro groups is 1. The molecule has 2 aromatic rings. The number of amides is 3. The van der Waals surface area contributed by atoms with Gasteiger partial charge < -0.3 is 21.7 Å². The third-order valence-corrected chi connectivity index (χ3v) is 3.93. The van der Waals surface area contributed by atoms with Crippen molar-refractivity contribution in [1.82, 2.24) is 5.32 Å². The molecule has 0 unspecified atom stereocenters. The Bertz CT molecular complexity index is 927. The average molecular weight is 399 g/mol. The number of nitrogens with zero attached hydrogens (tertiary/aromatic N) is 1. The van der Waals surface area contributed by atoms with Crippen LogP contribution < -0.4 is 21.7 Å². The van der Waals surface area contributed by atoms with Crippen LogP contribution in [0.25, 0.3) is 0 Å². The van der Waals surface area contributed by atoms with E-state index < -0.39 is 34.7 Å². The summed E-state index contributed by atoms with van der Waals surface area (Å²) in [5, 5.41) is 18.4. The Kier molecular flexibility index (Phi) is 6.99. The first-order chi connectivity index (χ1) is 13.7. The molecule has 10 heteroatoms. The molecular formula is C19H21N5O5. The molecule has 152 valence electrons. The van der Waals surface area contributed by atoms with Crippen LogP contribution in [0.5, 0.6) is 0 Å². The van der Waals surface area contributed by atoms with Gasteiger partial charge in [-0.05, 0) is 38.1 Å². The maximum atomic E-state index is 12.6. The number of carbonyl (C=O) groups excluding carboxylic acids is 3. The van der Waals surface area contributed by atoms with E-state index in [1.165, 1.54) is 44.2 Å². The van der Waals surface area contributed by atoms with Crippen LogP contribution in [0, 0.1) is 10.1 Å². The van der Waals surface area contributed by atoms with Crippen molar-refractivity contribution in [1.29, 1.82) is 0 Å². The molecule has 2 aromatic carbocycles. The van der Waals surface area contributed by atoms with Crippen molar-refractivity contribution in [3.05, 3.63) is 64.2 Å². The normalized spacial score (nSPS) is 12.4. The van der Waals surface area contributed by atoms with Crippen LogP contribution in [0.2, 0.25) is 0 Å².